The number of likely N-dealkylation sites (tertiary alicyclic amines) is 3. The van der Waals surface area contributed by atoms with Gasteiger partial charge in [-0.2, -0.15) is 13.2 Å². The predicted octanol–water partition coefficient (Wildman–Crippen LogP) is 18.5. The monoisotopic (exact) mass is 1540 g/mol. The summed E-state index contributed by atoms with van der Waals surface area (Å²) in [7, 11) is 0. The molecule has 3 aromatic heterocycles. The maximum atomic E-state index is 15.7. The van der Waals surface area contributed by atoms with Crippen LogP contribution in [0.15, 0.2) is 109 Å². The molecule has 110 heavy (non-hydrogen) atoms. The first kappa shape index (κ1) is 80.2. The molecule has 0 radical (unpaired) electrons. The number of aromatic amines is 3. The lowest BCUT2D eigenvalue weighted by molar-refractivity contribution is -0.155. The van der Waals surface area contributed by atoms with Gasteiger partial charge >= 0.3 is 6.18 Å². The van der Waals surface area contributed by atoms with Crippen molar-refractivity contribution in [1.29, 1.82) is 0 Å². The van der Waals surface area contributed by atoms with Gasteiger partial charge in [-0.05, 0) is 108 Å². The van der Waals surface area contributed by atoms with Crippen LogP contribution < -0.4 is 14.2 Å². The molecule has 12 nitrogen and oxygen atoms in total. The SMILES string of the molecule is CCC1CN(CCOc2cc(F)c([C@@H]3c4[nH]c5ccccc5c4C[C@@H](C)N3CC(F)(F)F)c(F)c2)C1.CC[C@@](C)(F)CN1[C@H](c2c(F)cc(OCCN3CC(CF)C3)cc2F)c2[nH]c3ccccc3c2C[C@H]1C.CC[C@](C)(F)CN1[C@H](c2c(F)cc(OCCN3CC(CF)C3)cc2F)c2[nH]c3ccccc3c2C[C@H]1C. The number of para-hydroxylation sites is 3. The number of nitrogens with zero attached hydrogens (tertiary/aromatic N) is 6. The van der Waals surface area contributed by atoms with Crippen molar-refractivity contribution in [2.45, 2.75) is 148 Å². The van der Waals surface area contributed by atoms with Crippen molar-refractivity contribution < 1.29 is 71.3 Å². The summed E-state index contributed by atoms with van der Waals surface area (Å²) < 4.78 is 207. The van der Waals surface area contributed by atoms with E-state index in [2.05, 4.69) is 26.8 Å². The highest BCUT2D eigenvalue weighted by Crippen LogP contribution is 2.48. The predicted molar refractivity (Wildman–Crippen MR) is 403 cm³/mol. The summed E-state index contributed by atoms with van der Waals surface area (Å²) in [6.07, 6.45) is -1.17. The van der Waals surface area contributed by atoms with Crippen LogP contribution in [0.3, 0.4) is 0 Å². The number of hydrogen-bond donors (Lipinski definition) is 3. The van der Waals surface area contributed by atoms with Crippen molar-refractivity contribution in [3.63, 3.8) is 0 Å². The molecule has 0 saturated carbocycles. The molecule has 6 aromatic carbocycles. The largest absolute Gasteiger partial charge is 0.492 e. The highest BCUT2D eigenvalue weighted by molar-refractivity contribution is 5.87. The van der Waals surface area contributed by atoms with Crippen molar-refractivity contribution in [1.82, 2.24) is 44.4 Å². The molecule has 25 heteroatoms. The number of alkyl halides is 7. The van der Waals surface area contributed by atoms with Gasteiger partial charge in [0.2, 0.25) is 0 Å². The molecule has 0 aliphatic carbocycles. The highest BCUT2D eigenvalue weighted by Gasteiger charge is 2.47. The quantitative estimate of drug-likeness (QED) is 0.0484. The third kappa shape index (κ3) is 17.4. The second-order valence-electron chi connectivity index (χ2n) is 31.8. The van der Waals surface area contributed by atoms with Gasteiger partial charge in [0, 0.05) is 205 Å². The number of ether oxygens (including phenoxy) is 3. The van der Waals surface area contributed by atoms with Gasteiger partial charge < -0.3 is 29.2 Å². The van der Waals surface area contributed by atoms with Gasteiger partial charge in [-0.3, -0.25) is 38.2 Å². The standard InChI is InChI=1S/2C29H35F4N3O.C27H30F5N3O/c2*1-4-29(3,33)17-36-18(2)11-22-21-7-5-6-8-25(21)34-27(22)28(36)26-23(31)12-20(13-24(26)32)37-10-9-35-15-19(14-30)16-35;1-3-17-13-34(14-17)8-9-36-18-11-21(28)24(22(29)12-18)26-25-20(19-6-4-5-7-23(19)33-25)10-16(2)35(26)15-27(30,31)32/h2*5-8,12-13,18-19,28,34H,4,9-11,14-17H2,1-3H3;4-7,11-12,16-17,26,33H,3,8-10,13-15H2,1-2H3/t18-,28-,29+;18-,28-,29-;16-,26-/m111/s1. The van der Waals surface area contributed by atoms with E-state index < -0.39 is 88.7 Å². The van der Waals surface area contributed by atoms with Crippen LogP contribution in [0, 0.1) is 52.7 Å². The Morgan fingerprint density at radius 1 is 0.400 bits per heavy atom. The van der Waals surface area contributed by atoms with Gasteiger partial charge in [0.25, 0.3) is 0 Å². The highest BCUT2D eigenvalue weighted by atomic mass is 19.4. The van der Waals surface area contributed by atoms with E-state index in [-0.39, 0.29) is 98.6 Å². The minimum atomic E-state index is -4.53. The first-order chi connectivity index (χ1) is 52.5. The average molecular weight is 1540 g/mol. The number of aromatic nitrogens is 3. The zero-order chi connectivity index (χ0) is 78.3. The molecule has 15 rings (SSSR count). The van der Waals surface area contributed by atoms with E-state index in [1.807, 2.05) is 106 Å². The second-order valence-corrected chi connectivity index (χ2v) is 31.8. The zero-order valence-electron chi connectivity index (χ0n) is 63.7. The summed E-state index contributed by atoms with van der Waals surface area (Å²) in [6.45, 7) is 19.8. The second kappa shape index (κ2) is 33.5. The Labute approximate surface area is 634 Å². The third-order valence-corrected chi connectivity index (χ3v) is 23.5. The van der Waals surface area contributed by atoms with E-state index in [0.29, 0.717) is 101 Å². The average Bonchev–Trinajstić information content (AvgIpc) is 1.55. The molecule has 594 valence electrons. The summed E-state index contributed by atoms with van der Waals surface area (Å²) >= 11 is 0. The molecule has 0 unspecified atom stereocenters. The number of fused-ring (bicyclic) bond motifs is 9. The lowest BCUT2D eigenvalue weighted by atomic mass is 9.86. The fourth-order valence-corrected chi connectivity index (χ4v) is 17.0. The number of rotatable bonds is 25. The molecule has 3 saturated heterocycles. The van der Waals surface area contributed by atoms with E-state index in [4.69, 9.17) is 14.2 Å². The number of benzene rings is 6. The molecule has 0 amide bonds. The molecule has 3 fully saturated rings. The van der Waals surface area contributed by atoms with Gasteiger partial charge in [-0.25, -0.2) is 35.1 Å². The summed E-state index contributed by atoms with van der Waals surface area (Å²) in [4.78, 5) is 21.2. The lowest BCUT2D eigenvalue weighted by Crippen LogP contribution is -2.49. The summed E-state index contributed by atoms with van der Waals surface area (Å²) in [5.41, 5.74) is 3.52. The number of hydrogen-bond acceptors (Lipinski definition) is 9. The van der Waals surface area contributed by atoms with Crippen LogP contribution in [0.1, 0.15) is 143 Å². The number of H-pyrrole nitrogens is 3. The van der Waals surface area contributed by atoms with E-state index >= 15 is 35.1 Å². The summed E-state index contributed by atoms with van der Waals surface area (Å²) in [5, 5.41) is 2.90. The molecule has 0 bridgehead atoms. The lowest BCUT2D eigenvalue weighted by Gasteiger charge is -2.43. The molecule has 9 aromatic rings. The molecule has 8 atom stereocenters. The number of halogens is 13. The normalized spacial score (nSPS) is 22.2. The molecular weight excluding hydrogens is 1440 g/mol. The third-order valence-electron chi connectivity index (χ3n) is 23.5. The van der Waals surface area contributed by atoms with E-state index in [9.17, 15) is 22.0 Å². The topological polar surface area (TPSA) is 94.5 Å². The minimum Gasteiger partial charge on any atom is -0.492 e. The van der Waals surface area contributed by atoms with Gasteiger partial charge in [0.05, 0.1) is 38.0 Å². The maximum Gasteiger partial charge on any atom is 0.401 e. The van der Waals surface area contributed by atoms with Crippen LogP contribution in [0.4, 0.5) is 57.1 Å². The maximum absolute atomic E-state index is 15.7. The Kier molecular flexibility index (Phi) is 24.4. The first-order valence-electron chi connectivity index (χ1n) is 38.7. The van der Waals surface area contributed by atoms with Crippen LogP contribution in [-0.2, 0) is 19.3 Å². The van der Waals surface area contributed by atoms with Crippen LogP contribution in [0.5, 0.6) is 17.2 Å². The zero-order valence-corrected chi connectivity index (χ0v) is 63.7. The Bertz CT molecular complexity index is 4390. The van der Waals surface area contributed by atoms with Crippen LogP contribution >= 0.6 is 0 Å². The van der Waals surface area contributed by atoms with E-state index in [1.165, 1.54) is 38.1 Å². The van der Waals surface area contributed by atoms with Crippen molar-refractivity contribution in [2.24, 2.45) is 17.8 Å². The Morgan fingerprint density at radius 3 is 0.936 bits per heavy atom. The van der Waals surface area contributed by atoms with Crippen molar-refractivity contribution in [3.8, 4) is 17.2 Å². The van der Waals surface area contributed by atoms with Crippen LogP contribution in [0.2, 0.25) is 0 Å². The van der Waals surface area contributed by atoms with Crippen molar-refractivity contribution >= 4 is 32.7 Å². The van der Waals surface area contributed by atoms with Gasteiger partial charge in [0.1, 0.15) is 83.3 Å². The summed E-state index contributed by atoms with van der Waals surface area (Å²) in [5.74, 6) is -3.64. The van der Waals surface area contributed by atoms with E-state index in [0.717, 1.165) is 85.9 Å². The van der Waals surface area contributed by atoms with Crippen molar-refractivity contribution in [3.05, 3.63) is 195 Å². The minimum absolute atomic E-state index is 0.0319. The fourth-order valence-electron chi connectivity index (χ4n) is 17.0. The first-order valence-corrected chi connectivity index (χ1v) is 38.7. The molecule has 3 N–H and O–H groups in total. The fraction of sp³-hybridized carbons (Fsp3) is 0.506. The molecule has 6 aliphatic rings. The van der Waals surface area contributed by atoms with Gasteiger partial charge in [0.15, 0.2) is 0 Å². The Hall–Kier alpha value is -7.81. The summed E-state index contributed by atoms with van der Waals surface area (Å²) in [6, 6.07) is 26.3. The van der Waals surface area contributed by atoms with Crippen LogP contribution in [0.25, 0.3) is 32.7 Å². The van der Waals surface area contributed by atoms with E-state index in [1.54, 1.807) is 20.8 Å². The van der Waals surface area contributed by atoms with Gasteiger partial charge in [-0.15, -0.1) is 0 Å². The molecule has 9 heterocycles. The Balaban J connectivity index is 0.000000145. The Morgan fingerprint density at radius 2 is 0.673 bits per heavy atom. The molecular formula is C85H100F13N9O3. The molecule has 0 spiro atoms. The molecule has 6 aliphatic heterocycles. The number of nitrogens with one attached hydrogen (secondary N) is 3. The van der Waals surface area contributed by atoms with Gasteiger partial charge in [-0.1, -0.05) is 81.8 Å². The van der Waals surface area contributed by atoms with Crippen LogP contribution in [-0.4, -0.2) is 192 Å². The smallest absolute Gasteiger partial charge is 0.401 e. The van der Waals surface area contributed by atoms with Crippen molar-refractivity contribution in [2.75, 3.05) is 112 Å².